The Hall–Kier alpha value is -2.53. The summed E-state index contributed by atoms with van der Waals surface area (Å²) < 4.78 is 10.2. The van der Waals surface area contributed by atoms with Crippen LogP contribution in [0.3, 0.4) is 0 Å². The molecule has 2 aromatic carbocycles. The van der Waals surface area contributed by atoms with Crippen LogP contribution in [0.2, 0.25) is 0 Å². The Morgan fingerprint density at radius 2 is 1.82 bits per heavy atom. The summed E-state index contributed by atoms with van der Waals surface area (Å²) in [5, 5.41) is 3.05. The molecule has 0 unspecified atom stereocenters. The number of ether oxygens (including phenoxy) is 2. The second-order valence-electron chi connectivity index (χ2n) is 4.81. The van der Waals surface area contributed by atoms with Crippen molar-refractivity contribution in [2.45, 2.75) is 13.2 Å². The van der Waals surface area contributed by atoms with Crippen molar-refractivity contribution in [1.29, 1.82) is 0 Å². The van der Waals surface area contributed by atoms with Gasteiger partial charge < -0.3 is 20.5 Å². The van der Waals surface area contributed by atoms with E-state index in [-0.39, 0.29) is 0 Å². The highest BCUT2D eigenvalue weighted by Gasteiger charge is 1.98. The Kier molecular flexibility index (Phi) is 5.80. The summed E-state index contributed by atoms with van der Waals surface area (Å²) in [6.07, 6.45) is 0. The van der Waals surface area contributed by atoms with Gasteiger partial charge in [0.2, 0.25) is 0 Å². The number of benzene rings is 2. The molecule has 0 radical (unpaired) electrons. The largest absolute Gasteiger partial charge is 0.497 e. The molecule has 0 aliphatic heterocycles. The molecule has 5 nitrogen and oxygen atoms in total. The fourth-order valence-corrected chi connectivity index (χ4v) is 1.97. The first-order chi connectivity index (χ1) is 10.7. The predicted octanol–water partition coefficient (Wildman–Crippen LogP) is 2.77. The van der Waals surface area contributed by atoms with Crippen LogP contribution in [0.25, 0.3) is 0 Å². The fourth-order valence-electron chi connectivity index (χ4n) is 1.97. The van der Waals surface area contributed by atoms with Crippen LogP contribution in [0.15, 0.2) is 53.5 Å². The highest BCUT2D eigenvalue weighted by atomic mass is 16.5. The molecule has 2 rings (SSSR count). The average Bonchev–Trinajstić information content (AvgIpc) is 2.55. The molecule has 0 fully saturated rings. The quantitative estimate of drug-likeness (QED) is 0.635. The number of nitrogens with zero attached hydrogens (tertiary/aromatic N) is 1. The Morgan fingerprint density at radius 3 is 2.50 bits per heavy atom. The van der Waals surface area contributed by atoms with Gasteiger partial charge in [0.05, 0.1) is 20.3 Å². The van der Waals surface area contributed by atoms with E-state index in [4.69, 9.17) is 15.2 Å². The van der Waals surface area contributed by atoms with Crippen molar-refractivity contribution in [3.63, 3.8) is 0 Å². The minimum atomic E-state index is 0.370. The zero-order chi connectivity index (χ0) is 15.8. The van der Waals surface area contributed by atoms with Crippen molar-refractivity contribution in [2.24, 2.45) is 10.7 Å². The van der Waals surface area contributed by atoms with Crippen molar-refractivity contribution in [2.75, 3.05) is 19.5 Å². The van der Waals surface area contributed by atoms with Crippen molar-refractivity contribution < 1.29 is 9.47 Å². The van der Waals surface area contributed by atoms with E-state index in [1.807, 2.05) is 48.5 Å². The van der Waals surface area contributed by atoms with Gasteiger partial charge in [-0.1, -0.05) is 30.3 Å². The molecule has 0 saturated carbocycles. The van der Waals surface area contributed by atoms with Gasteiger partial charge in [-0.2, -0.15) is 0 Å². The topological polar surface area (TPSA) is 68.9 Å². The number of nitrogens with one attached hydrogen (secondary N) is 1. The van der Waals surface area contributed by atoms with Crippen molar-refractivity contribution in [3.8, 4) is 5.75 Å². The minimum absolute atomic E-state index is 0.370. The summed E-state index contributed by atoms with van der Waals surface area (Å²) in [5.41, 5.74) is 8.97. The van der Waals surface area contributed by atoms with Crippen LogP contribution < -0.4 is 15.8 Å². The Labute approximate surface area is 130 Å². The monoisotopic (exact) mass is 299 g/mol. The molecule has 0 atom stereocenters. The molecule has 0 heterocycles. The van der Waals surface area contributed by atoms with E-state index < -0.39 is 0 Å². The van der Waals surface area contributed by atoms with Crippen molar-refractivity contribution in [3.05, 3.63) is 59.7 Å². The maximum absolute atomic E-state index is 5.90. The van der Waals surface area contributed by atoms with E-state index in [1.165, 1.54) is 0 Å². The SMILES string of the molecule is COCc1ccc(CN=C(N)Nc2cccc(OC)c2)cc1. The summed E-state index contributed by atoms with van der Waals surface area (Å²) in [5.74, 6) is 1.14. The second kappa shape index (κ2) is 8.05. The third kappa shape index (κ3) is 4.79. The highest BCUT2D eigenvalue weighted by Crippen LogP contribution is 2.16. The number of methoxy groups -OCH3 is 2. The molecular weight excluding hydrogens is 278 g/mol. The maximum Gasteiger partial charge on any atom is 0.193 e. The van der Waals surface area contributed by atoms with Gasteiger partial charge in [-0.15, -0.1) is 0 Å². The number of anilines is 1. The number of nitrogens with two attached hydrogens (primary N) is 1. The molecule has 0 spiro atoms. The minimum Gasteiger partial charge on any atom is -0.497 e. The Morgan fingerprint density at radius 1 is 1.09 bits per heavy atom. The fraction of sp³-hybridized carbons (Fsp3) is 0.235. The Balaban J connectivity index is 1.94. The highest BCUT2D eigenvalue weighted by molar-refractivity contribution is 5.92. The summed E-state index contributed by atoms with van der Waals surface area (Å²) in [4.78, 5) is 4.33. The standard InChI is InChI=1S/C17H21N3O2/c1-21-12-14-8-6-13(7-9-14)11-19-17(18)20-15-4-3-5-16(10-15)22-2/h3-10H,11-12H2,1-2H3,(H3,18,19,20). The zero-order valence-electron chi connectivity index (χ0n) is 12.9. The molecule has 5 heteroatoms. The van der Waals surface area contributed by atoms with Crippen molar-refractivity contribution >= 4 is 11.6 Å². The normalized spacial score (nSPS) is 11.3. The third-order valence-electron chi connectivity index (χ3n) is 3.11. The van der Waals surface area contributed by atoms with Gasteiger partial charge >= 0.3 is 0 Å². The van der Waals surface area contributed by atoms with Crippen LogP contribution in [0.5, 0.6) is 5.75 Å². The molecule has 0 bridgehead atoms. The predicted molar refractivity (Wildman–Crippen MR) is 89.1 cm³/mol. The molecule has 0 aromatic heterocycles. The van der Waals surface area contributed by atoms with E-state index in [0.29, 0.717) is 19.1 Å². The van der Waals surface area contributed by atoms with E-state index in [9.17, 15) is 0 Å². The second-order valence-corrected chi connectivity index (χ2v) is 4.81. The lowest BCUT2D eigenvalue weighted by molar-refractivity contribution is 0.185. The maximum atomic E-state index is 5.90. The van der Waals surface area contributed by atoms with E-state index >= 15 is 0 Å². The number of hydrogen-bond donors (Lipinski definition) is 2. The van der Waals surface area contributed by atoms with Gasteiger partial charge in [0.15, 0.2) is 5.96 Å². The molecule has 2 aromatic rings. The van der Waals surface area contributed by atoms with E-state index in [0.717, 1.165) is 22.6 Å². The van der Waals surface area contributed by atoms with Gasteiger partial charge in [-0.25, -0.2) is 4.99 Å². The van der Waals surface area contributed by atoms with Gasteiger partial charge in [0.1, 0.15) is 5.75 Å². The van der Waals surface area contributed by atoms with Gasteiger partial charge in [-0.3, -0.25) is 0 Å². The summed E-state index contributed by atoms with van der Waals surface area (Å²) in [6.45, 7) is 1.14. The van der Waals surface area contributed by atoms with Gasteiger partial charge in [0, 0.05) is 18.9 Å². The van der Waals surface area contributed by atoms with E-state index in [2.05, 4.69) is 10.3 Å². The van der Waals surface area contributed by atoms with Crippen molar-refractivity contribution in [1.82, 2.24) is 0 Å². The zero-order valence-corrected chi connectivity index (χ0v) is 12.9. The molecule has 0 amide bonds. The first-order valence-corrected chi connectivity index (χ1v) is 6.99. The lowest BCUT2D eigenvalue weighted by atomic mass is 10.1. The molecule has 22 heavy (non-hydrogen) atoms. The third-order valence-corrected chi connectivity index (χ3v) is 3.11. The number of hydrogen-bond acceptors (Lipinski definition) is 3. The van der Waals surface area contributed by atoms with Crippen LogP contribution >= 0.6 is 0 Å². The lowest BCUT2D eigenvalue weighted by Gasteiger charge is -2.07. The molecule has 0 aliphatic rings. The number of rotatable bonds is 6. The molecule has 0 aliphatic carbocycles. The van der Waals surface area contributed by atoms with Crippen LogP contribution in [-0.2, 0) is 17.9 Å². The molecular formula is C17H21N3O2. The van der Waals surface area contributed by atoms with E-state index in [1.54, 1.807) is 14.2 Å². The number of guanidine groups is 1. The summed E-state index contributed by atoms with van der Waals surface area (Å²) in [6, 6.07) is 15.6. The van der Waals surface area contributed by atoms with Crippen LogP contribution in [0, 0.1) is 0 Å². The smallest absolute Gasteiger partial charge is 0.193 e. The van der Waals surface area contributed by atoms with Crippen LogP contribution in [0.4, 0.5) is 5.69 Å². The van der Waals surface area contributed by atoms with Gasteiger partial charge in [0.25, 0.3) is 0 Å². The lowest BCUT2D eigenvalue weighted by Crippen LogP contribution is -2.22. The molecule has 3 N–H and O–H groups in total. The first-order valence-electron chi connectivity index (χ1n) is 6.99. The summed E-state index contributed by atoms with van der Waals surface area (Å²) >= 11 is 0. The van der Waals surface area contributed by atoms with Gasteiger partial charge in [-0.05, 0) is 23.3 Å². The average molecular weight is 299 g/mol. The Bertz CT molecular complexity index is 624. The number of aliphatic imine (C=N–C) groups is 1. The van der Waals surface area contributed by atoms with Crippen LogP contribution in [-0.4, -0.2) is 20.2 Å². The molecule has 116 valence electrons. The van der Waals surface area contributed by atoms with Crippen LogP contribution in [0.1, 0.15) is 11.1 Å². The first kappa shape index (κ1) is 15.9. The molecule has 0 saturated heterocycles. The summed E-state index contributed by atoms with van der Waals surface area (Å²) in [7, 11) is 3.31.